The van der Waals surface area contributed by atoms with Crippen molar-refractivity contribution < 1.29 is 9.53 Å². The SMILES string of the molecule is [C-]#[N+]c1ccc(NC(=O)c2ccc(OC)cc2)cc1. The fourth-order valence-corrected chi connectivity index (χ4v) is 1.56. The van der Waals surface area contributed by atoms with Gasteiger partial charge in [-0.2, -0.15) is 0 Å². The minimum Gasteiger partial charge on any atom is -0.497 e. The van der Waals surface area contributed by atoms with Crippen molar-refractivity contribution in [2.75, 3.05) is 12.4 Å². The molecular formula is C15H12N2O2. The van der Waals surface area contributed by atoms with Crippen molar-refractivity contribution >= 4 is 17.3 Å². The molecule has 0 heterocycles. The second-order valence-electron chi connectivity index (χ2n) is 3.84. The van der Waals surface area contributed by atoms with E-state index >= 15 is 0 Å². The number of hydrogen-bond acceptors (Lipinski definition) is 2. The van der Waals surface area contributed by atoms with Crippen LogP contribution in [0.4, 0.5) is 11.4 Å². The van der Waals surface area contributed by atoms with Gasteiger partial charge in [0.25, 0.3) is 5.91 Å². The van der Waals surface area contributed by atoms with Crippen LogP contribution in [0, 0.1) is 6.57 Å². The number of hydrogen-bond donors (Lipinski definition) is 1. The van der Waals surface area contributed by atoms with Crippen molar-refractivity contribution in [1.82, 2.24) is 0 Å². The quantitative estimate of drug-likeness (QED) is 0.849. The molecule has 0 aliphatic carbocycles. The molecule has 0 saturated carbocycles. The lowest BCUT2D eigenvalue weighted by Gasteiger charge is -2.06. The van der Waals surface area contributed by atoms with E-state index in [0.29, 0.717) is 22.7 Å². The van der Waals surface area contributed by atoms with E-state index in [0.717, 1.165) is 0 Å². The number of carbonyl (C=O) groups is 1. The average Bonchev–Trinajstić information content (AvgIpc) is 2.48. The van der Waals surface area contributed by atoms with E-state index in [1.165, 1.54) is 0 Å². The second kappa shape index (κ2) is 5.69. The summed E-state index contributed by atoms with van der Waals surface area (Å²) >= 11 is 0. The maximum Gasteiger partial charge on any atom is 0.255 e. The summed E-state index contributed by atoms with van der Waals surface area (Å²) in [6.07, 6.45) is 0. The normalized spacial score (nSPS) is 9.47. The van der Waals surface area contributed by atoms with Crippen LogP contribution < -0.4 is 10.1 Å². The van der Waals surface area contributed by atoms with E-state index in [1.54, 1.807) is 55.6 Å². The number of amides is 1. The lowest BCUT2D eigenvalue weighted by atomic mass is 10.2. The maximum absolute atomic E-state index is 12.0. The van der Waals surface area contributed by atoms with Crippen molar-refractivity contribution in [2.45, 2.75) is 0 Å². The van der Waals surface area contributed by atoms with E-state index in [2.05, 4.69) is 10.2 Å². The van der Waals surface area contributed by atoms with E-state index in [4.69, 9.17) is 11.3 Å². The van der Waals surface area contributed by atoms with E-state index in [-0.39, 0.29) is 5.91 Å². The predicted octanol–water partition coefficient (Wildman–Crippen LogP) is 3.50. The molecule has 0 aliphatic heterocycles. The largest absolute Gasteiger partial charge is 0.497 e. The molecule has 0 radical (unpaired) electrons. The number of anilines is 1. The summed E-state index contributed by atoms with van der Waals surface area (Å²) < 4.78 is 5.03. The molecule has 0 saturated heterocycles. The lowest BCUT2D eigenvalue weighted by Crippen LogP contribution is -2.11. The number of ether oxygens (including phenoxy) is 1. The minimum atomic E-state index is -0.196. The Hall–Kier alpha value is -2.80. The molecule has 0 spiro atoms. The number of rotatable bonds is 3. The summed E-state index contributed by atoms with van der Waals surface area (Å²) in [5.74, 6) is 0.510. The van der Waals surface area contributed by atoms with Gasteiger partial charge >= 0.3 is 0 Å². The third kappa shape index (κ3) is 3.11. The topological polar surface area (TPSA) is 42.7 Å². The molecule has 2 aromatic rings. The average molecular weight is 252 g/mol. The summed E-state index contributed by atoms with van der Waals surface area (Å²) in [5, 5.41) is 2.76. The molecule has 1 amide bonds. The van der Waals surface area contributed by atoms with Gasteiger partial charge in [0.05, 0.1) is 13.7 Å². The van der Waals surface area contributed by atoms with Gasteiger partial charge in [-0.3, -0.25) is 4.79 Å². The molecule has 0 unspecified atom stereocenters. The first-order valence-electron chi connectivity index (χ1n) is 5.66. The molecule has 0 fully saturated rings. The summed E-state index contributed by atoms with van der Waals surface area (Å²) in [6, 6.07) is 13.6. The number of carbonyl (C=O) groups excluding carboxylic acids is 1. The Labute approximate surface area is 111 Å². The van der Waals surface area contributed by atoms with Crippen LogP contribution in [0.1, 0.15) is 10.4 Å². The van der Waals surface area contributed by atoms with Gasteiger partial charge in [0, 0.05) is 11.3 Å². The van der Waals surface area contributed by atoms with Crippen LogP contribution in [0.5, 0.6) is 5.75 Å². The first kappa shape index (κ1) is 12.7. The number of benzene rings is 2. The Morgan fingerprint density at radius 1 is 1.11 bits per heavy atom. The third-order valence-electron chi connectivity index (χ3n) is 2.61. The lowest BCUT2D eigenvalue weighted by molar-refractivity contribution is 0.102. The summed E-state index contributed by atoms with van der Waals surface area (Å²) in [6.45, 7) is 6.85. The zero-order valence-electron chi connectivity index (χ0n) is 10.4. The van der Waals surface area contributed by atoms with Crippen LogP contribution in [0.2, 0.25) is 0 Å². The molecule has 0 aliphatic rings. The van der Waals surface area contributed by atoms with Gasteiger partial charge < -0.3 is 10.1 Å². The molecular weight excluding hydrogens is 240 g/mol. The Balaban J connectivity index is 2.09. The summed E-state index contributed by atoms with van der Waals surface area (Å²) in [4.78, 5) is 15.2. The zero-order valence-corrected chi connectivity index (χ0v) is 10.4. The Bertz CT molecular complexity index is 610. The highest BCUT2D eigenvalue weighted by atomic mass is 16.5. The molecule has 0 aromatic heterocycles. The van der Waals surface area contributed by atoms with Crippen molar-refractivity contribution in [3.8, 4) is 5.75 Å². The van der Waals surface area contributed by atoms with Gasteiger partial charge in [0.15, 0.2) is 5.69 Å². The second-order valence-corrected chi connectivity index (χ2v) is 3.84. The summed E-state index contributed by atoms with van der Waals surface area (Å²) in [7, 11) is 1.58. The van der Waals surface area contributed by atoms with Gasteiger partial charge in [0.1, 0.15) is 5.75 Å². The maximum atomic E-state index is 12.0. The molecule has 94 valence electrons. The zero-order chi connectivity index (χ0) is 13.7. The van der Waals surface area contributed by atoms with Gasteiger partial charge in [-0.05, 0) is 36.4 Å². The number of nitrogens with zero attached hydrogens (tertiary/aromatic N) is 1. The molecule has 4 nitrogen and oxygen atoms in total. The minimum absolute atomic E-state index is 0.196. The van der Waals surface area contributed by atoms with E-state index in [9.17, 15) is 4.79 Å². The molecule has 4 heteroatoms. The van der Waals surface area contributed by atoms with Crippen molar-refractivity contribution in [3.05, 3.63) is 65.5 Å². The number of nitrogens with one attached hydrogen (secondary N) is 1. The molecule has 0 bridgehead atoms. The van der Waals surface area contributed by atoms with Crippen molar-refractivity contribution in [1.29, 1.82) is 0 Å². The molecule has 0 atom stereocenters. The first-order chi connectivity index (χ1) is 9.22. The van der Waals surface area contributed by atoms with Gasteiger partial charge in [-0.25, -0.2) is 4.85 Å². The van der Waals surface area contributed by atoms with Gasteiger partial charge in [-0.15, -0.1) is 0 Å². The van der Waals surface area contributed by atoms with Crippen LogP contribution in [-0.2, 0) is 0 Å². The smallest absolute Gasteiger partial charge is 0.255 e. The Morgan fingerprint density at radius 3 is 2.26 bits per heavy atom. The third-order valence-corrected chi connectivity index (χ3v) is 2.61. The van der Waals surface area contributed by atoms with Crippen molar-refractivity contribution in [3.63, 3.8) is 0 Å². The van der Waals surface area contributed by atoms with Gasteiger partial charge in [-0.1, -0.05) is 12.1 Å². The van der Waals surface area contributed by atoms with Gasteiger partial charge in [0.2, 0.25) is 0 Å². The first-order valence-corrected chi connectivity index (χ1v) is 5.66. The fraction of sp³-hybridized carbons (Fsp3) is 0.0667. The monoisotopic (exact) mass is 252 g/mol. The summed E-state index contributed by atoms with van der Waals surface area (Å²) in [5.41, 5.74) is 1.76. The number of methoxy groups -OCH3 is 1. The van der Waals surface area contributed by atoms with Crippen LogP contribution in [0.15, 0.2) is 48.5 Å². The fourth-order valence-electron chi connectivity index (χ4n) is 1.56. The predicted molar refractivity (Wildman–Crippen MR) is 73.7 cm³/mol. The Kier molecular flexibility index (Phi) is 3.79. The van der Waals surface area contributed by atoms with Crippen LogP contribution in [0.25, 0.3) is 4.85 Å². The molecule has 2 rings (SSSR count). The molecule has 1 N–H and O–H groups in total. The highest BCUT2D eigenvalue weighted by Gasteiger charge is 2.05. The van der Waals surface area contributed by atoms with Crippen LogP contribution >= 0.6 is 0 Å². The Morgan fingerprint density at radius 2 is 1.74 bits per heavy atom. The van der Waals surface area contributed by atoms with E-state index in [1.807, 2.05) is 0 Å². The standard InChI is InChI=1S/C15H12N2O2/c1-16-12-5-7-13(8-6-12)17-15(18)11-3-9-14(19-2)10-4-11/h3-10H,2H3,(H,17,18). The van der Waals surface area contributed by atoms with Crippen LogP contribution in [-0.4, -0.2) is 13.0 Å². The van der Waals surface area contributed by atoms with Crippen molar-refractivity contribution in [2.24, 2.45) is 0 Å². The highest BCUT2D eigenvalue weighted by molar-refractivity contribution is 6.04. The van der Waals surface area contributed by atoms with Crippen LogP contribution in [0.3, 0.4) is 0 Å². The van der Waals surface area contributed by atoms with E-state index < -0.39 is 0 Å². The molecule has 2 aromatic carbocycles. The molecule has 19 heavy (non-hydrogen) atoms. The highest BCUT2D eigenvalue weighted by Crippen LogP contribution is 2.17.